The second kappa shape index (κ2) is 11.8. The predicted molar refractivity (Wildman–Crippen MR) is 131 cm³/mol. The normalized spacial score (nSPS) is 14.6. The molecule has 0 saturated carbocycles. The van der Waals surface area contributed by atoms with E-state index < -0.39 is 5.82 Å². The second-order valence-corrected chi connectivity index (χ2v) is 8.97. The van der Waals surface area contributed by atoms with Crippen LogP contribution in [0.25, 0.3) is 0 Å². The largest absolute Gasteiger partial charge is 0.487 e. The number of pyridine rings is 2. The third kappa shape index (κ3) is 7.48. The summed E-state index contributed by atoms with van der Waals surface area (Å²) >= 11 is 0. The van der Waals surface area contributed by atoms with E-state index in [-0.39, 0.29) is 18.1 Å². The monoisotopic (exact) mass is 478 g/mol. The molecule has 1 saturated heterocycles. The van der Waals surface area contributed by atoms with Crippen LogP contribution in [0.1, 0.15) is 36.6 Å². The summed E-state index contributed by atoms with van der Waals surface area (Å²) in [6, 6.07) is 14.9. The number of amides is 1. The molecule has 0 radical (unpaired) electrons. The Morgan fingerprint density at radius 1 is 1.11 bits per heavy atom. The molecule has 0 atom stereocenters. The molecule has 184 valence electrons. The Labute approximate surface area is 204 Å². The highest BCUT2D eigenvalue weighted by atomic mass is 19.1. The summed E-state index contributed by atoms with van der Waals surface area (Å²) in [6.07, 6.45) is 5.59. The van der Waals surface area contributed by atoms with Crippen molar-refractivity contribution in [2.75, 3.05) is 13.1 Å². The Kier molecular flexibility index (Phi) is 8.26. The van der Waals surface area contributed by atoms with E-state index in [0.717, 1.165) is 45.1 Å². The number of nitrogens with one attached hydrogen (secondary N) is 1. The smallest absolute Gasteiger partial charge is 0.254 e. The Morgan fingerprint density at radius 3 is 2.51 bits per heavy atom. The molecule has 0 spiro atoms. The first-order valence-electron chi connectivity index (χ1n) is 12.0. The van der Waals surface area contributed by atoms with Gasteiger partial charge >= 0.3 is 0 Å². The standard InChI is InChI=1S/C27H31FN4O3/c1-20(33)30-24-9-12-31(13-10-24)18-22-4-2-21(3-5-22)8-14-32-15-11-26(16-27(32)34)35-19-25-7-6-23(28)17-29-25/h2-7,11,15-17,24H,8-10,12-14,18-19H2,1H3,(H,30,33). The second-order valence-electron chi connectivity index (χ2n) is 8.97. The van der Waals surface area contributed by atoms with Gasteiger partial charge < -0.3 is 14.6 Å². The number of hydrogen-bond acceptors (Lipinski definition) is 5. The third-order valence-electron chi connectivity index (χ3n) is 6.21. The number of ether oxygens (including phenoxy) is 1. The maximum absolute atomic E-state index is 12.9. The number of nitrogens with zero attached hydrogens (tertiary/aromatic N) is 3. The summed E-state index contributed by atoms with van der Waals surface area (Å²) in [5, 5.41) is 3.01. The van der Waals surface area contributed by atoms with Crippen molar-refractivity contribution in [1.29, 1.82) is 0 Å². The minimum Gasteiger partial charge on any atom is -0.487 e. The van der Waals surface area contributed by atoms with Crippen LogP contribution in [0.3, 0.4) is 0 Å². The van der Waals surface area contributed by atoms with Crippen molar-refractivity contribution in [1.82, 2.24) is 19.8 Å². The Balaban J connectivity index is 1.23. The van der Waals surface area contributed by atoms with E-state index in [4.69, 9.17) is 4.74 Å². The molecule has 2 aromatic heterocycles. The fraction of sp³-hybridized carbons (Fsp3) is 0.370. The van der Waals surface area contributed by atoms with E-state index in [2.05, 4.69) is 39.5 Å². The maximum atomic E-state index is 12.9. The molecule has 0 bridgehead atoms. The molecule has 0 aliphatic carbocycles. The van der Waals surface area contributed by atoms with Gasteiger partial charge in [0.15, 0.2) is 0 Å². The van der Waals surface area contributed by atoms with E-state index in [1.807, 2.05) is 0 Å². The molecule has 1 aromatic carbocycles. The van der Waals surface area contributed by atoms with Gasteiger partial charge in [-0.1, -0.05) is 24.3 Å². The van der Waals surface area contributed by atoms with Gasteiger partial charge in [0.1, 0.15) is 18.2 Å². The van der Waals surface area contributed by atoms with E-state index in [1.165, 1.54) is 23.3 Å². The Morgan fingerprint density at radius 2 is 1.86 bits per heavy atom. The average molecular weight is 479 g/mol. The summed E-state index contributed by atoms with van der Waals surface area (Å²) < 4.78 is 20.2. The number of piperidine rings is 1. The highest BCUT2D eigenvalue weighted by Gasteiger charge is 2.19. The summed E-state index contributed by atoms with van der Waals surface area (Å²) in [7, 11) is 0. The van der Waals surface area contributed by atoms with Gasteiger partial charge in [-0.3, -0.25) is 19.5 Å². The predicted octanol–water partition coefficient (Wildman–Crippen LogP) is 3.30. The quantitative estimate of drug-likeness (QED) is 0.511. The Hall–Kier alpha value is -3.52. The molecule has 1 aliphatic rings. The van der Waals surface area contributed by atoms with Crippen molar-refractivity contribution in [3.05, 3.63) is 93.9 Å². The van der Waals surface area contributed by atoms with E-state index in [9.17, 15) is 14.0 Å². The Bertz CT molecular complexity index is 1170. The minimum atomic E-state index is -0.397. The number of carbonyl (C=O) groups excluding carboxylic acids is 1. The highest BCUT2D eigenvalue weighted by Crippen LogP contribution is 2.15. The molecule has 3 aromatic rings. The summed E-state index contributed by atoms with van der Waals surface area (Å²) in [6.45, 7) is 5.19. The average Bonchev–Trinajstić information content (AvgIpc) is 2.85. The number of halogens is 1. The zero-order valence-corrected chi connectivity index (χ0v) is 20.0. The van der Waals surface area contributed by atoms with Gasteiger partial charge in [-0.05, 0) is 48.6 Å². The lowest BCUT2D eigenvalue weighted by molar-refractivity contribution is -0.119. The van der Waals surface area contributed by atoms with Crippen LogP contribution in [-0.4, -0.2) is 39.5 Å². The van der Waals surface area contributed by atoms with Gasteiger partial charge in [-0.2, -0.15) is 0 Å². The van der Waals surface area contributed by atoms with Gasteiger partial charge in [-0.25, -0.2) is 4.39 Å². The van der Waals surface area contributed by atoms with Gasteiger partial charge in [0.05, 0.1) is 11.9 Å². The molecule has 4 rings (SSSR count). The molecule has 7 nitrogen and oxygen atoms in total. The van der Waals surface area contributed by atoms with Crippen LogP contribution in [0.5, 0.6) is 5.75 Å². The fourth-order valence-corrected chi connectivity index (χ4v) is 4.26. The third-order valence-corrected chi connectivity index (χ3v) is 6.21. The van der Waals surface area contributed by atoms with Crippen LogP contribution in [0.15, 0.2) is 65.7 Å². The molecule has 35 heavy (non-hydrogen) atoms. The molecular weight excluding hydrogens is 447 g/mol. The molecule has 0 unspecified atom stereocenters. The van der Waals surface area contributed by atoms with Crippen molar-refractivity contribution in [3.8, 4) is 5.75 Å². The van der Waals surface area contributed by atoms with Crippen molar-refractivity contribution in [3.63, 3.8) is 0 Å². The number of likely N-dealkylation sites (tertiary alicyclic amines) is 1. The number of aromatic nitrogens is 2. The lowest BCUT2D eigenvalue weighted by Crippen LogP contribution is -2.43. The molecule has 1 aliphatic heterocycles. The number of benzene rings is 1. The lowest BCUT2D eigenvalue weighted by Gasteiger charge is -2.32. The zero-order valence-electron chi connectivity index (χ0n) is 20.0. The van der Waals surface area contributed by atoms with Crippen LogP contribution in [0.2, 0.25) is 0 Å². The first-order chi connectivity index (χ1) is 16.9. The molecule has 3 heterocycles. The SMILES string of the molecule is CC(=O)NC1CCN(Cc2ccc(CCn3ccc(OCc4ccc(F)cn4)cc3=O)cc2)CC1. The minimum absolute atomic E-state index is 0.0463. The van der Waals surface area contributed by atoms with Crippen molar-refractivity contribution in [2.45, 2.75) is 51.9 Å². The summed E-state index contributed by atoms with van der Waals surface area (Å²) in [5.41, 5.74) is 2.90. The summed E-state index contributed by atoms with van der Waals surface area (Å²) in [5.74, 6) is 0.110. The van der Waals surface area contributed by atoms with E-state index in [1.54, 1.807) is 29.8 Å². The number of carbonyl (C=O) groups is 1. The highest BCUT2D eigenvalue weighted by molar-refractivity contribution is 5.73. The molecular formula is C27H31FN4O3. The first-order valence-corrected chi connectivity index (χ1v) is 12.0. The zero-order chi connectivity index (χ0) is 24.6. The fourth-order valence-electron chi connectivity index (χ4n) is 4.26. The van der Waals surface area contributed by atoms with Crippen LogP contribution >= 0.6 is 0 Å². The van der Waals surface area contributed by atoms with E-state index in [0.29, 0.717) is 24.0 Å². The number of hydrogen-bond donors (Lipinski definition) is 1. The van der Waals surface area contributed by atoms with Crippen LogP contribution < -0.4 is 15.6 Å². The number of rotatable bonds is 9. The topological polar surface area (TPSA) is 76.5 Å². The van der Waals surface area contributed by atoms with Gasteiger partial charge in [0.25, 0.3) is 5.56 Å². The van der Waals surface area contributed by atoms with Crippen molar-refractivity contribution in [2.24, 2.45) is 0 Å². The van der Waals surface area contributed by atoms with Crippen LogP contribution in [-0.2, 0) is 30.9 Å². The summed E-state index contributed by atoms with van der Waals surface area (Å²) in [4.78, 5) is 30.0. The van der Waals surface area contributed by atoms with Crippen LogP contribution in [0, 0.1) is 5.82 Å². The van der Waals surface area contributed by atoms with Gasteiger partial charge in [0, 0.05) is 51.4 Å². The van der Waals surface area contributed by atoms with Crippen LogP contribution in [0.4, 0.5) is 4.39 Å². The van der Waals surface area contributed by atoms with Gasteiger partial charge in [-0.15, -0.1) is 0 Å². The van der Waals surface area contributed by atoms with Crippen molar-refractivity contribution < 1.29 is 13.9 Å². The molecule has 8 heteroatoms. The lowest BCUT2D eigenvalue weighted by atomic mass is 10.0. The van der Waals surface area contributed by atoms with E-state index >= 15 is 0 Å². The van der Waals surface area contributed by atoms with Crippen molar-refractivity contribution >= 4 is 5.91 Å². The van der Waals surface area contributed by atoms with Gasteiger partial charge in [0.2, 0.25) is 5.91 Å². The molecule has 1 amide bonds. The molecule has 1 fully saturated rings. The molecule has 1 N–H and O–H groups in total. The number of aryl methyl sites for hydroxylation is 2. The maximum Gasteiger partial charge on any atom is 0.254 e. The first kappa shape index (κ1) is 24.6.